The Morgan fingerprint density at radius 2 is 1.58 bits per heavy atom. The Morgan fingerprint density at radius 3 is 2.08 bits per heavy atom. The van der Waals surface area contributed by atoms with Gasteiger partial charge in [0, 0.05) is 6.42 Å². The number of hydrogen-bond donors (Lipinski definition) is 2. The molecule has 1 aliphatic heterocycles. The van der Waals surface area contributed by atoms with E-state index in [1.165, 1.54) is 44.9 Å². The summed E-state index contributed by atoms with van der Waals surface area (Å²) in [5.41, 5.74) is 0. The van der Waals surface area contributed by atoms with Crippen molar-refractivity contribution in [3.8, 4) is 0 Å². The van der Waals surface area contributed by atoms with Crippen LogP contribution in [0.15, 0.2) is 4.99 Å². The SMILES string of the molecule is CCCCCCCCCCCC1=NCC[N+]1(CC(=O)O)C(C)C(=O)O.[OH-]. The second-order valence-corrected chi connectivity index (χ2v) is 7.20. The Kier molecular flexibility index (Phi) is 12.1. The predicted octanol–water partition coefficient (Wildman–Crippen LogP) is 3.52. The van der Waals surface area contributed by atoms with E-state index in [0.717, 1.165) is 18.7 Å². The monoisotopic (exact) mass is 372 g/mol. The molecule has 0 radical (unpaired) electrons. The van der Waals surface area contributed by atoms with E-state index in [4.69, 9.17) is 0 Å². The first-order valence-corrected chi connectivity index (χ1v) is 9.79. The molecule has 3 N–H and O–H groups in total. The van der Waals surface area contributed by atoms with Crippen molar-refractivity contribution in [2.45, 2.75) is 84.1 Å². The van der Waals surface area contributed by atoms with Crippen molar-refractivity contribution in [1.82, 2.24) is 0 Å². The number of rotatable bonds is 14. The van der Waals surface area contributed by atoms with E-state index in [1.807, 2.05) is 0 Å². The van der Waals surface area contributed by atoms with Crippen LogP contribution in [0.4, 0.5) is 0 Å². The first-order valence-electron chi connectivity index (χ1n) is 9.79. The van der Waals surface area contributed by atoms with Gasteiger partial charge >= 0.3 is 11.9 Å². The van der Waals surface area contributed by atoms with Gasteiger partial charge in [0.2, 0.25) is 0 Å². The Hall–Kier alpha value is -1.47. The van der Waals surface area contributed by atoms with Gasteiger partial charge in [-0.05, 0) is 13.3 Å². The van der Waals surface area contributed by atoms with Crippen LogP contribution in [-0.4, -0.2) is 63.6 Å². The Balaban J connectivity index is 0.00000625. The van der Waals surface area contributed by atoms with Crippen LogP contribution in [0.2, 0.25) is 0 Å². The van der Waals surface area contributed by atoms with Crippen LogP contribution in [0.3, 0.4) is 0 Å². The molecule has 0 aromatic heterocycles. The molecule has 1 rings (SSSR count). The molecule has 0 aromatic carbocycles. The summed E-state index contributed by atoms with van der Waals surface area (Å²) in [7, 11) is 0. The maximum atomic E-state index is 11.5. The Labute approximate surface area is 157 Å². The lowest BCUT2D eigenvalue weighted by Crippen LogP contribution is -2.61. The largest absolute Gasteiger partial charge is 0.870 e. The first kappa shape index (κ1) is 24.5. The quantitative estimate of drug-likeness (QED) is 0.357. The highest BCUT2D eigenvalue weighted by Crippen LogP contribution is 2.24. The fraction of sp³-hybridized carbons (Fsp3) is 0.842. The van der Waals surface area contributed by atoms with E-state index in [0.29, 0.717) is 19.5 Å². The van der Waals surface area contributed by atoms with Gasteiger partial charge in [-0.2, -0.15) is 0 Å². The standard InChI is InChI=1S/C19H34N2O4.H2O/c1-3-4-5-6-7-8-9-10-11-12-17-20-13-14-21(17,15-18(22)23)16(2)19(24)25;/h16H,3-15H2,1-2H3,(H-,22,23,24,25);1H2. The Morgan fingerprint density at radius 1 is 1.04 bits per heavy atom. The zero-order valence-corrected chi connectivity index (χ0v) is 16.3. The molecule has 0 aliphatic carbocycles. The van der Waals surface area contributed by atoms with Crippen molar-refractivity contribution in [3.63, 3.8) is 0 Å². The molecular formula is C19H36N2O5. The van der Waals surface area contributed by atoms with Crippen molar-refractivity contribution in [2.75, 3.05) is 19.6 Å². The third-order valence-electron chi connectivity index (χ3n) is 5.33. The lowest BCUT2D eigenvalue weighted by atomic mass is 10.1. The lowest BCUT2D eigenvalue weighted by Gasteiger charge is -2.36. The molecule has 0 fully saturated rings. The van der Waals surface area contributed by atoms with E-state index >= 15 is 0 Å². The molecule has 0 bridgehead atoms. The second kappa shape index (κ2) is 12.8. The smallest absolute Gasteiger partial charge is 0.362 e. The molecule has 7 nitrogen and oxygen atoms in total. The number of carboxylic acids is 2. The number of aliphatic imine (C=N–C) groups is 1. The van der Waals surface area contributed by atoms with Crippen molar-refractivity contribution < 1.29 is 29.8 Å². The number of quaternary nitrogens is 1. The number of amidine groups is 1. The minimum absolute atomic E-state index is 0. The normalized spacial score (nSPS) is 20.3. The van der Waals surface area contributed by atoms with E-state index in [1.54, 1.807) is 6.92 Å². The zero-order valence-electron chi connectivity index (χ0n) is 16.3. The molecule has 26 heavy (non-hydrogen) atoms. The maximum Gasteiger partial charge on any atom is 0.362 e. The summed E-state index contributed by atoms with van der Waals surface area (Å²) in [5, 5.41) is 18.7. The van der Waals surface area contributed by atoms with E-state index < -0.39 is 18.0 Å². The van der Waals surface area contributed by atoms with Gasteiger partial charge in [-0.25, -0.2) is 14.6 Å². The second-order valence-electron chi connectivity index (χ2n) is 7.20. The van der Waals surface area contributed by atoms with Crippen LogP contribution in [0, 0.1) is 0 Å². The number of carboxylic acid groups (broad SMARTS) is 2. The minimum Gasteiger partial charge on any atom is -0.870 e. The van der Waals surface area contributed by atoms with Crippen molar-refractivity contribution >= 4 is 17.8 Å². The lowest BCUT2D eigenvalue weighted by molar-refractivity contribution is -0.844. The van der Waals surface area contributed by atoms with Gasteiger partial charge in [-0.15, -0.1) is 0 Å². The van der Waals surface area contributed by atoms with Crippen molar-refractivity contribution in [3.05, 3.63) is 0 Å². The summed E-state index contributed by atoms with van der Waals surface area (Å²) in [6.07, 6.45) is 11.7. The average Bonchev–Trinajstić information content (AvgIpc) is 2.95. The van der Waals surface area contributed by atoms with E-state index in [-0.39, 0.29) is 16.5 Å². The van der Waals surface area contributed by atoms with Crippen LogP contribution in [0.5, 0.6) is 0 Å². The number of hydrogen-bond acceptors (Lipinski definition) is 4. The number of aliphatic carboxylic acids is 2. The molecule has 1 aliphatic rings. The molecule has 0 saturated heterocycles. The van der Waals surface area contributed by atoms with E-state index in [2.05, 4.69) is 11.9 Å². The highest BCUT2D eigenvalue weighted by atomic mass is 16.4. The van der Waals surface area contributed by atoms with Crippen LogP contribution in [-0.2, 0) is 9.59 Å². The highest BCUT2D eigenvalue weighted by molar-refractivity contribution is 5.83. The van der Waals surface area contributed by atoms with Crippen LogP contribution in [0.25, 0.3) is 0 Å². The van der Waals surface area contributed by atoms with Gasteiger partial charge in [0.05, 0.1) is 6.54 Å². The van der Waals surface area contributed by atoms with Crippen molar-refractivity contribution in [1.29, 1.82) is 0 Å². The third-order valence-corrected chi connectivity index (χ3v) is 5.33. The van der Waals surface area contributed by atoms with Crippen LogP contribution >= 0.6 is 0 Å². The minimum atomic E-state index is -0.963. The number of carbonyl (C=O) groups is 2. The molecule has 0 saturated carbocycles. The molecule has 0 spiro atoms. The molecule has 0 amide bonds. The summed E-state index contributed by atoms with van der Waals surface area (Å²) in [6.45, 7) is 4.64. The molecule has 7 heteroatoms. The summed E-state index contributed by atoms with van der Waals surface area (Å²) < 4.78 is -0.0122. The molecule has 152 valence electrons. The fourth-order valence-electron chi connectivity index (χ4n) is 3.70. The molecule has 2 unspecified atom stereocenters. The predicted molar refractivity (Wildman–Crippen MR) is 101 cm³/mol. The summed E-state index contributed by atoms with van der Waals surface area (Å²) in [6, 6.07) is -0.768. The van der Waals surface area contributed by atoms with Gasteiger partial charge in [0.15, 0.2) is 18.4 Å². The third kappa shape index (κ3) is 7.41. The topological polar surface area (TPSA) is 117 Å². The van der Waals surface area contributed by atoms with Gasteiger partial charge < -0.3 is 15.7 Å². The van der Waals surface area contributed by atoms with Gasteiger partial charge in [0.25, 0.3) is 0 Å². The maximum absolute atomic E-state index is 11.5. The number of unbranched alkanes of at least 4 members (excludes halogenated alkanes) is 8. The van der Waals surface area contributed by atoms with Crippen LogP contribution < -0.4 is 0 Å². The fourth-order valence-corrected chi connectivity index (χ4v) is 3.70. The summed E-state index contributed by atoms with van der Waals surface area (Å²) >= 11 is 0. The van der Waals surface area contributed by atoms with Gasteiger partial charge in [-0.3, -0.25) is 4.48 Å². The first-order chi connectivity index (χ1) is 11.9. The summed E-state index contributed by atoms with van der Waals surface area (Å²) in [5.74, 6) is -1.15. The highest BCUT2D eigenvalue weighted by Gasteiger charge is 2.47. The number of nitrogens with zero attached hydrogens (tertiary/aromatic N) is 2. The Bertz CT molecular complexity index is 467. The van der Waals surface area contributed by atoms with Crippen molar-refractivity contribution in [2.24, 2.45) is 4.99 Å². The van der Waals surface area contributed by atoms with Gasteiger partial charge in [0.1, 0.15) is 6.54 Å². The molecule has 2 atom stereocenters. The summed E-state index contributed by atoms with van der Waals surface area (Å²) in [4.78, 5) is 27.2. The zero-order chi connectivity index (χ0) is 18.7. The molecule has 1 heterocycles. The molecule has 0 aromatic rings. The average molecular weight is 373 g/mol. The van der Waals surface area contributed by atoms with Gasteiger partial charge in [-0.1, -0.05) is 58.3 Å². The van der Waals surface area contributed by atoms with E-state index in [9.17, 15) is 19.8 Å². The van der Waals surface area contributed by atoms with Crippen LogP contribution in [0.1, 0.15) is 78.1 Å². The molecular weight excluding hydrogens is 336 g/mol.